The molecule has 82 valence electrons. The van der Waals surface area contributed by atoms with E-state index in [0.29, 0.717) is 24.8 Å². The van der Waals surface area contributed by atoms with Gasteiger partial charge < -0.3 is 9.47 Å². The van der Waals surface area contributed by atoms with Crippen molar-refractivity contribution in [3.8, 4) is 0 Å². The zero-order valence-electron chi connectivity index (χ0n) is 7.77. The molecule has 0 aromatic rings. The first-order chi connectivity index (χ1) is 6.67. The van der Waals surface area contributed by atoms with Gasteiger partial charge in [0.2, 0.25) is 0 Å². The van der Waals surface area contributed by atoms with Crippen molar-refractivity contribution in [1.82, 2.24) is 0 Å². The Labute approximate surface area is 90.1 Å². The van der Waals surface area contributed by atoms with Crippen molar-refractivity contribution in [2.45, 2.75) is 24.7 Å². The lowest BCUT2D eigenvalue weighted by Gasteiger charge is -2.50. The molecular weight excluding hydrogens is 258 g/mol. The fourth-order valence-corrected chi connectivity index (χ4v) is 2.51. The SMILES string of the molecule is FCC1(CF)CC2(C1)OCC(CBr)O2. The second-order valence-electron chi connectivity index (χ2n) is 4.24. The van der Waals surface area contributed by atoms with E-state index in [-0.39, 0.29) is 6.10 Å². The summed E-state index contributed by atoms with van der Waals surface area (Å²) in [5.41, 5.74) is -0.832. The van der Waals surface area contributed by atoms with Gasteiger partial charge in [-0.3, -0.25) is 8.78 Å². The molecule has 0 bridgehead atoms. The van der Waals surface area contributed by atoms with Crippen LogP contribution in [-0.4, -0.2) is 37.2 Å². The predicted octanol–water partition coefficient (Wildman–Crippen LogP) is 2.21. The first-order valence-electron chi connectivity index (χ1n) is 4.67. The van der Waals surface area contributed by atoms with Gasteiger partial charge in [0.05, 0.1) is 26.1 Å². The second kappa shape index (κ2) is 3.68. The maximum atomic E-state index is 12.5. The average Bonchev–Trinajstić information content (AvgIpc) is 2.58. The van der Waals surface area contributed by atoms with Crippen LogP contribution in [0.1, 0.15) is 12.8 Å². The van der Waals surface area contributed by atoms with Crippen LogP contribution in [0.2, 0.25) is 0 Å². The maximum Gasteiger partial charge on any atom is 0.170 e. The van der Waals surface area contributed by atoms with Crippen LogP contribution in [0.3, 0.4) is 0 Å². The van der Waals surface area contributed by atoms with Gasteiger partial charge in [0, 0.05) is 23.6 Å². The zero-order chi connectivity index (χ0) is 10.2. The van der Waals surface area contributed by atoms with Gasteiger partial charge in [-0.25, -0.2) is 0 Å². The molecular formula is C9H13BrF2O2. The Bertz CT molecular complexity index is 213. The summed E-state index contributed by atoms with van der Waals surface area (Å²) in [6, 6.07) is 0. The Morgan fingerprint density at radius 3 is 2.36 bits per heavy atom. The number of hydrogen-bond donors (Lipinski definition) is 0. The fraction of sp³-hybridized carbons (Fsp3) is 1.00. The lowest BCUT2D eigenvalue weighted by atomic mass is 9.66. The van der Waals surface area contributed by atoms with Crippen molar-refractivity contribution in [1.29, 1.82) is 0 Å². The summed E-state index contributed by atoms with van der Waals surface area (Å²) in [6.07, 6.45) is 0.708. The first kappa shape index (κ1) is 10.8. The zero-order valence-corrected chi connectivity index (χ0v) is 9.36. The van der Waals surface area contributed by atoms with Gasteiger partial charge in [-0.2, -0.15) is 0 Å². The highest BCUT2D eigenvalue weighted by molar-refractivity contribution is 9.09. The van der Waals surface area contributed by atoms with Crippen molar-refractivity contribution in [2.24, 2.45) is 5.41 Å². The summed E-state index contributed by atoms with van der Waals surface area (Å²) in [4.78, 5) is 0. The van der Waals surface area contributed by atoms with Crippen LogP contribution in [0.5, 0.6) is 0 Å². The molecule has 1 aliphatic carbocycles. The summed E-state index contributed by atoms with van der Waals surface area (Å²) in [6.45, 7) is -0.742. The van der Waals surface area contributed by atoms with Gasteiger partial charge in [0.25, 0.3) is 0 Å². The smallest absolute Gasteiger partial charge is 0.170 e. The molecule has 1 heterocycles. The van der Waals surface area contributed by atoms with E-state index in [9.17, 15) is 8.78 Å². The molecule has 0 aromatic heterocycles. The predicted molar refractivity (Wildman–Crippen MR) is 51.0 cm³/mol. The summed E-state index contributed by atoms with van der Waals surface area (Å²) in [5, 5.41) is 0.701. The Balaban J connectivity index is 1.92. The number of alkyl halides is 3. The Hall–Kier alpha value is 0.260. The van der Waals surface area contributed by atoms with Gasteiger partial charge in [-0.1, -0.05) is 15.9 Å². The molecule has 5 heteroatoms. The van der Waals surface area contributed by atoms with E-state index in [2.05, 4.69) is 15.9 Å². The Morgan fingerprint density at radius 1 is 1.29 bits per heavy atom. The Kier molecular flexibility index (Phi) is 2.83. The van der Waals surface area contributed by atoms with Crippen LogP contribution in [-0.2, 0) is 9.47 Å². The molecule has 1 unspecified atom stereocenters. The number of ether oxygens (including phenoxy) is 2. The van der Waals surface area contributed by atoms with Crippen molar-refractivity contribution < 1.29 is 18.3 Å². The summed E-state index contributed by atoms with van der Waals surface area (Å²) in [5.74, 6) is -0.684. The highest BCUT2D eigenvalue weighted by atomic mass is 79.9. The average molecular weight is 271 g/mol. The summed E-state index contributed by atoms with van der Waals surface area (Å²) >= 11 is 3.29. The van der Waals surface area contributed by atoms with Crippen LogP contribution < -0.4 is 0 Å². The van der Waals surface area contributed by atoms with Gasteiger partial charge in [0.15, 0.2) is 5.79 Å². The summed E-state index contributed by atoms with van der Waals surface area (Å²) in [7, 11) is 0. The van der Waals surface area contributed by atoms with Crippen molar-refractivity contribution in [3.63, 3.8) is 0 Å². The van der Waals surface area contributed by atoms with E-state index in [4.69, 9.17) is 9.47 Å². The third kappa shape index (κ3) is 1.59. The Morgan fingerprint density at radius 2 is 1.93 bits per heavy atom. The van der Waals surface area contributed by atoms with E-state index in [0.717, 1.165) is 0 Å². The van der Waals surface area contributed by atoms with Crippen molar-refractivity contribution >= 4 is 15.9 Å². The van der Waals surface area contributed by atoms with Gasteiger partial charge in [-0.05, 0) is 0 Å². The molecule has 2 fully saturated rings. The molecule has 2 nitrogen and oxygen atoms in total. The monoisotopic (exact) mass is 270 g/mol. The molecule has 1 aliphatic heterocycles. The van der Waals surface area contributed by atoms with E-state index in [1.807, 2.05) is 0 Å². The van der Waals surface area contributed by atoms with E-state index in [1.54, 1.807) is 0 Å². The van der Waals surface area contributed by atoms with Gasteiger partial charge >= 0.3 is 0 Å². The van der Waals surface area contributed by atoms with E-state index in [1.165, 1.54) is 0 Å². The van der Waals surface area contributed by atoms with Crippen LogP contribution in [0.15, 0.2) is 0 Å². The van der Waals surface area contributed by atoms with Crippen LogP contribution in [0.25, 0.3) is 0 Å². The lowest BCUT2D eigenvalue weighted by Crippen LogP contribution is -2.55. The lowest BCUT2D eigenvalue weighted by molar-refractivity contribution is -0.273. The molecule has 0 N–H and O–H groups in total. The standard InChI is InChI=1S/C9H13BrF2O2/c10-1-7-2-13-9(14-7)3-8(4-9,5-11)6-12/h7H,1-6H2. The minimum atomic E-state index is -0.832. The molecule has 1 saturated heterocycles. The number of hydrogen-bond acceptors (Lipinski definition) is 2. The topological polar surface area (TPSA) is 18.5 Å². The minimum absolute atomic E-state index is 0.0206. The molecule has 1 saturated carbocycles. The fourth-order valence-electron chi connectivity index (χ4n) is 2.19. The normalized spacial score (nSPS) is 33.2. The van der Waals surface area contributed by atoms with Crippen LogP contribution >= 0.6 is 15.9 Å². The van der Waals surface area contributed by atoms with E-state index >= 15 is 0 Å². The van der Waals surface area contributed by atoms with E-state index < -0.39 is 24.6 Å². The molecule has 2 aliphatic rings. The van der Waals surface area contributed by atoms with Gasteiger partial charge in [-0.15, -0.1) is 0 Å². The third-order valence-electron chi connectivity index (χ3n) is 2.94. The maximum absolute atomic E-state index is 12.5. The molecule has 0 radical (unpaired) electrons. The van der Waals surface area contributed by atoms with Crippen molar-refractivity contribution in [2.75, 3.05) is 25.3 Å². The van der Waals surface area contributed by atoms with Crippen molar-refractivity contribution in [3.05, 3.63) is 0 Å². The second-order valence-corrected chi connectivity index (χ2v) is 4.88. The van der Waals surface area contributed by atoms with Crippen LogP contribution in [0, 0.1) is 5.41 Å². The number of halogens is 3. The molecule has 0 aromatic carbocycles. The largest absolute Gasteiger partial charge is 0.347 e. The van der Waals surface area contributed by atoms with Gasteiger partial charge in [0.1, 0.15) is 0 Å². The molecule has 14 heavy (non-hydrogen) atoms. The highest BCUT2D eigenvalue weighted by Crippen LogP contribution is 2.54. The highest BCUT2D eigenvalue weighted by Gasteiger charge is 2.60. The summed E-state index contributed by atoms with van der Waals surface area (Å²) < 4.78 is 36.1. The molecule has 0 amide bonds. The minimum Gasteiger partial charge on any atom is -0.347 e. The quantitative estimate of drug-likeness (QED) is 0.733. The third-order valence-corrected chi connectivity index (χ3v) is 3.66. The molecule has 1 atom stereocenters. The first-order valence-corrected chi connectivity index (χ1v) is 5.79. The molecule has 2 rings (SSSR count). The number of rotatable bonds is 3. The molecule has 1 spiro atoms. The van der Waals surface area contributed by atoms with Crippen LogP contribution in [0.4, 0.5) is 8.78 Å².